The first-order valence-electron chi connectivity index (χ1n) is 20.1. The van der Waals surface area contributed by atoms with Gasteiger partial charge in [0.05, 0.1) is 5.92 Å². The van der Waals surface area contributed by atoms with E-state index in [1.54, 1.807) is 30.3 Å². The number of aromatic hydroxyl groups is 2. The Morgan fingerprint density at radius 2 is 1.25 bits per heavy atom. The van der Waals surface area contributed by atoms with E-state index in [-0.39, 0.29) is 18.6 Å². The van der Waals surface area contributed by atoms with Crippen LogP contribution in [0, 0.1) is 31.4 Å². The Morgan fingerprint density at radius 3 is 1.88 bits per heavy atom. The molecule has 4 nitrogen and oxygen atoms in total. The van der Waals surface area contributed by atoms with E-state index in [4.69, 9.17) is 0 Å². The zero-order valence-electron chi connectivity index (χ0n) is 33.6. The zero-order chi connectivity index (χ0) is 43.3. The molecule has 11 heteroatoms. The predicted octanol–water partition coefficient (Wildman–Crippen LogP) is 14.5. The van der Waals surface area contributed by atoms with Gasteiger partial charge in [-0.05, 0) is 126 Å². The lowest BCUT2D eigenvalue weighted by atomic mass is 9.90. The normalized spacial score (nSPS) is 12.4. The number of carbonyl (C=O) groups is 1. The van der Waals surface area contributed by atoms with Gasteiger partial charge in [0, 0.05) is 6.42 Å². The topological polar surface area (TPSA) is 77.8 Å². The molecule has 1 atom stereocenters. The summed E-state index contributed by atoms with van der Waals surface area (Å²) < 4.78 is 91.2. The molecule has 0 bridgehead atoms. The van der Waals surface area contributed by atoms with Crippen LogP contribution in [0.2, 0.25) is 0 Å². The highest BCUT2D eigenvalue weighted by atomic mass is 19.4. The maximum atomic E-state index is 14.1. The molecule has 0 aliphatic rings. The standard InChI is InChI=1S/C33H37F7O4.C15H16/c34-28-19-23(20-29(35)30(28)42)26-15-13-22-18-24(41)14-16-25(22)27(26)12-8-6-4-2-1-3-5-7-10-21(31(43)44)11-9-17-32(36,37)33(38,39)40;1-4-5-14-12(3)7-8-13-10-11(2)6-9-15(13)14/h13-16,18-21,41-42H,1-12,17H2,(H,43,44);4,6-10H,1,5H2,2-3H3. The lowest BCUT2D eigenvalue weighted by Crippen LogP contribution is -2.36. The van der Waals surface area contributed by atoms with Gasteiger partial charge in [0.25, 0.3) is 0 Å². The largest absolute Gasteiger partial charge is 0.508 e. The number of phenolic OH excluding ortho intramolecular Hbond substituents is 2. The van der Waals surface area contributed by atoms with Crippen LogP contribution in [0.1, 0.15) is 99.3 Å². The molecule has 0 saturated heterocycles. The van der Waals surface area contributed by atoms with E-state index in [1.165, 1.54) is 27.5 Å². The number of halogens is 7. The number of aliphatic carboxylic acids is 1. The van der Waals surface area contributed by atoms with Gasteiger partial charge in [0.1, 0.15) is 5.75 Å². The van der Waals surface area contributed by atoms with Crippen molar-refractivity contribution in [2.75, 3.05) is 0 Å². The number of alkyl halides is 5. The van der Waals surface area contributed by atoms with Crippen LogP contribution in [-0.4, -0.2) is 33.4 Å². The van der Waals surface area contributed by atoms with Crippen molar-refractivity contribution in [1.29, 1.82) is 0 Å². The lowest BCUT2D eigenvalue weighted by molar-refractivity contribution is -0.284. The van der Waals surface area contributed by atoms with Crippen LogP contribution in [0.15, 0.2) is 85.5 Å². The molecule has 5 rings (SSSR count). The Hall–Kier alpha value is -5.06. The van der Waals surface area contributed by atoms with Gasteiger partial charge in [-0.2, -0.15) is 22.0 Å². The van der Waals surface area contributed by atoms with Crippen molar-refractivity contribution in [3.8, 4) is 22.6 Å². The first kappa shape index (κ1) is 46.6. The Morgan fingerprint density at radius 1 is 0.695 bits per heavy atom. The molecular weight excluding hydrogens is 774 g/mol. The molecule has 0 heterocycles. The fourth-order valence-corrected chi connectivity index (χ4v) is 7.54. The highest BCUT2D eigenvalue weighted by molar-refractivity contribution is 5.93. The molecule has 0 aliphatic heterocycles. The number of unbranched alkanes of at least 4 members (excludes halogenated alkanes) is 7. The molecule has 5 aromatic rings. The van der Waals surface area contributed by atoms with Crippen molar-refractivity contribution in [2.45, 2.75) is 116 Å². The van der Waals surface area contributed by atoms with Gasteiger partial charge in [0.15, 0.2) is 17.4 Å². The Labute approximate surface area is 341 Å². The Bertz CT molecular complexity index is 2170. The third-order valence-electron chi connectivity index (χ3n) is 10.8. The zero-order valence-corrected chi connectivity index (χ0v) is 33.6. The van der Waals surface area contributed by atoms with E-state index in [0.29, 0.717) is 24.0 Å². The number of hydrogen-bond donors (Lipinski definition) is 3. The number of allylic oxidation sites excluding steroid dienone is 1. The Kier molecular flexibility index (Phi) is 16.8. The number of phenols is 2. The number of rotatable bonds is 19. The first-order valence-corrected chi connectivity index (χ1v) is 20.1. The fraction of sp³-hybridized carbons (Fsp3) is 0.396. The third-order valence-corrected chi connectivity index (χ3v) is 10.8. The molecule has 0 aromatic heterocycles. The smallest absolute Gasteiger partial charge is 0.453 e. The second kappa shape index (κ2) is 21.3. The minimum atomic E-state index is -5.63. The third kappa shape index (κ3) is 13.0. The average molecular weight is 827 g/mol. The summed E-state index contributed by atoms with van der Waals surface area (Å²) in [7, 11) is 0. The van der Waals surface area contributed by atoms with E-state index in [0.717, 1.165) is 79.8 Å². The van der Waals surface area contributed by atoms with E-state index < -0.39 is 54.2 Å². The molecule has 0 fully saturated rings. The highest BCUT2D eigenvalue weighted by Crippen LogP contribution is 2.40. The van der Waals surface area contributed by atoms with Crippen LogP contribution in [0.5, 0.6) is 11.5 Å². The number of fused-ring (bicyclic) bond motifs is 2. The minimum absolute atomic E-state index is 0.0991. The van der Waals surface area contributed by atoms with Crippen molar-refractivity contribution in [3.05, 3.63) is 119 Å². The molecule has 59 heavy (non-hydrogen) atoms. The summed E-state index contributed by atoms with van der Waals surface area (Å²) in [6.45, 7) is 8.12. The van der Waals surface area contributed by atoms with Crippen LogP contribution in [0.4, 0.5) is 30.7 Å². The predicted molar refractivity (Wildman–Crippen MR) is 221 cm³/mol. The van der Waals surface area contributed by atoms with Gasteiger partial charge in [-0.25, -0.2) is 8.78 Å². The molecule has 3 N–H and O–H groups in total. The van der Waals surface area contributed by atoms with Crippen molar-refractivity contribution < 1.29 is 50.8 Å². The number of carboxylic acids is 1. The summed E-state index contributed by atoms with van der Waals surface area (Å²) in [5, 5.41) is 33.0. The lowest BCUT2D eigenvalue weighted by Gasteiger charge is -2.20. The van der Waals surface area contributed by atoms with Crippen molar-refractivity contribution in [2.24, 2.45) is 5.92 Å². The molecule has 0 spiro atoms. The maximum Gasteiger partial charge on any atom is 0.453 e. The van der Waals surface area contributed by atoms with Crippen LogP contribution >= 0.6 is 0 Å². The fourth-order valence-electron chi connectivity index (χ4n) is 7.54. The molecule has 1 unspecified atom stereocenters. The summed E-state index contributed by atoms with van der Waals surface area (Å²) in [6.07, 6.45) is 2.53. The van der Waals surface area contributed by atoms with Gasteiger partial charge in [-0.1, -0.05) is 105 Å². The molecule has 318 valence electrons. The van der Waals surface area contributed by atoms with Crippen LogP contribution in [-0.2, 0) is 17.6 Å². The second-order valence-electron chi connectivity index (χ2n) is 15.4. The minimum Gasteiger partial charge on any atom is -0.508 e. The summed E-state index contributed by atoms with van der Waals surface area (Å²) >= 11 is 0. The molecule has 0 saturated carbocycles. The van der Waals surface area contributed by atoms with Crippen LogP contribution in [0.25, 0.3) is 32.7 Å². The van der Waals surface area contributed by atoms with Gasteiger partial charge < -0.3 is 15.3 Å². The summed E-state index contributed by atoms with van der Waals surface area (Å²) in [6, 6.07) is 21.7. The van der Waals surface area contributed by atoms with E-state index in [9.17, 15) is 50.8 Å². The van der Waals surface area contributed by atoms with E-state index >= 15 is 0 Å². The van der Waals surface area contributed by atoms with Crippen molar-refractivity contribution in [1.82, 2.24) is 0 Å². The highest BCUT2D eigenvalue weighted by Gasteiger charge is 2.56. The SMILES string of the molecule is C=CCc1c(C)ccc2cc(C)ccc12.O=C(O)C(CCCCCCCCCCc1c(-c2cc(F)c(O)c(F)c2)ccc2cc(O)ccc12)CCCC(F)(F)C(F)(F)F. The molecule has 5 aromatic carbocycles. The molecule has 0 amide bonds. The van der Waals surface area contributed by atoms with Gasteiger partial charge in [-0.3, -0.25) is 4.79 Å². The van der Waals surface area contributed by atoms with Crippen LogP contribution < -0.4 is 0 Å². The maximum absolute atomic E-state index is 14.1. The average Bonchev–Trinajstić information content (AvgIpc) is 3.17. The number of benzene rings is 5. The Balaban J connectivity index is 0.000000425. The van der Waals surface area contributed by atoms with Gasteiger partial charge in [-0.15, -0.1) is 6.58 Å². The van der Waals surface area contributed by atoms with E-state index in [1.807, 2.05) is 6.08 Å². The molecule has 0 radical (unpaired) electrons. The van der Waals surface area contributed by atoms with E-state index in [2.05, 4.69) is 50.8 Å². The summed E-state index contributed by atoms with van der Waals surface area (Å²) in [4.78, 5) is 11.4. The quantitative estimate of drug-likeness (QED) is 0.0440. The van der Waals surface area contributed by atoms with Crippen molar-refractivity contribution in [3.63, 3.8) is 0 Å². The summed E-state index contributed by atoms with van der Waals surface area (Å²) in [5.41, 5.74) is 5.88. The second-order valence-corrected chi connectivity index (χ2v) is 15.4. The van der Waals surface area contributed by atoms with Crippen molar-refractivity contribution >= 4 is 27.5 Å². The number of aryl methyl sites for hydroxylation is 3. The number of carboxylic acid groups (broad SMARTS) is 1. The van der Waals surface area contributed by atoms with Gasteiger partial charge >= 0.3 is 18.1 Å². The van der Waals surface area contributed by atoms with Crippen LogP contribution in [0.3, 0.4) is 0 Å². The monoisotopic (exact) mass is 826 g/mol. The summed E-state index contributed by atoms with van der Waals surface area (Å²) in [5.74, 6) is -10.00. The molecular formula is C48H53F7O4. The first-order chi connectivity index (χ1) is 27.9. The number of hydrogen-bond acceptors (Lipinski definition) is 3. The van der Waals surface area contributed by atoms with Gasteiger partial charge in [0.2, 0.25) is 0 Å². The molecule has 0 aliphatic carbocycles.